The average Bonchev–Trinajstić information content (AvgIpc) is 2.67. The lowest BCUT2D eigenvalue weighted by Gasteiger charge is -2.11. The summed E-state index contributed by atoms with van der Waals surface area (Å²) >= 11 is 26.7. The third-order valence-electron chi connectivity index (χ3n) is 3.35. The van der Waals surface area contributed by atoms with Crippen LogP contribution in [0.1, 0.15) is 12.8 Å². The number of rotatable bonds is 0. The van der Waals surface area contributed by atoms with E-state index in [0.717, 1.165) is 0 Å². The quantitative estimate of drug-likeness (QED) is 0.496. The van der Waals surface area contributed by atoms with E-state index in [-0.39, 0.29) is 0 Å². The zero-order valence-corrected chi connectivity index (χ0v) is 19.2. The molecule has 0 amide bonds. The lowest BCUT2D eigenvalue weighted by atomic mass is 10.1. The van der Waals surface area contributed by atoms with Gasteiger partial charge in [-0.25, -0.2) is 0 Å². The van der Waals surface area contributed by atoms with Gasteiger partial charge in [0.1, 0.15) is 0 Å². The van der Waals surface area contributed by atoms with Gasteiger partial charge >= 0.3 is 0 Å². The van der Waals surface area contributed by atoms with Crippen molar-refractivity contribution in [1.82, 2.24) is 0 Å². The molecular formula is C17H24O5S5. The van der Waals surface area contributed by atoms with Gasteiger partial charge in [0.2, 0.25) is 0 Å². The van der Waals surface area contributed by atoms with Crippen molar-refractivity contribution in [2.45, 2.75) is 12.8 Å². The van der Waals surface area contributed by atoms with Crippen LogP contribution in [-0.4, -0.2) is 90.4 Å². The van der Waals surface area contributed by atoms with Gasteiger partial charge in [-0.3, -0.25) is 0 Å². The van der Waals surface area contributed by atoms with E-state index in [1.165, 1.54) is 0 Å². The molecular weight excluding hydrogens is 445 g/mol. The summed E-state index contributed by atoms with van der Waals surface area (Å²) in [6.45, 7) is 4.90. The Labute approximate surface area is 187 Å². The SMILES string of the molecule is S=C1CCOCCOCCOCCOCCOCCC(=S)C(=S)C(=S)C1=S. The Morgan fingerprint density at radius 1 is 0.370 bits per heavy atom. The van der Waals surface area contributed by atoms with Crippen LogP contribution in [0, 0.1) is 0 Å². The summed E-state index contributed by atoms with van der Waals surface area (Å²) in [6.07, 6.45) is 1.02. The summed E-state index contributed by atoms with van der Waals surface area (Å²) in [5.74, 6) is 0. The molecule has 0 bridgehead atoms. The van der Waals surface area contributed by atoms with E-state index in [9.17, 15) is 0 Å². The predicted molar refractivity (Wildman–Crippen MR) is 126 cm³/mol. The Kier molecular flexibility index (Phi) is 15.1. The highest BCUT2D eigenvalue weighted by molar-refractivity contribution is 8.01. The summed E-state index contributed by atoms with van der Waals surface area (Å²) in [7, 11) is 0. The van der Waals surface area contributed by atoms with Gasteiger partial charge in [-0.2, -0.15) is 0 Å². The molecule has 0 saturated carbocycles. The molecule has 1 saturated heterocycles. The zero-order chi connectivity index (χ0) is 19.9. The molecule has 0 aromatic rings. The van der Waals surface area contributed by atoms with Crippen LogP contribution in [0.25, 0.3) is 0 Å². The fourth-order valence-electron chi connectivity index (χ4n) is 1.89. The van der Waals surface area contributed by atoms with E-state index in [1.54, 1.807) is 0 Å². The summed E-state index contributed by atoms with van der Waals surface area (Å²) in [4.78, 5) is 2.29. The van der Waals surface area contributed by atoms with Crippen LogP contribution in [-0.2, 0) is 23.7 Å². The molecule has 0 aromatic heterocycles. The smallest absolute Gasteiger partial charge is 0.0760 e. The maximum Gasteiger partial charge on any atom is 0.0760 e. The highest BCUT2D eigenvalue weighted by atomic mass is 32.1. The van der Waals surface area contributed by atoms with Crippen LogP contribution in [0.4, 0.5) is 0 Å². The highest BCUT2D eigenvalue weighted by Crippen LogP contribution is 2.03. The van der Waals surface area contributed by atoms with Crippen molar-refractivity contribution < 1.29 is 23.7 Å². The molecule has 10 heteroatoms. The molecule has 0 spiro atoms. The number of thiocarbonyl (C=S) groups is 5. The van der Waals surface area contributed by atoms with Crippen molar-refractivity contribution in [3.63, 3.8) is 0 Å². The zero-order valence-electron chi connectivity index (χ0n) is 15.1. The predicted octanol–water partition coefficient (Wildman–Crippen LogP) is 2.71. The van der Waals surface area contributed by atoms with Crippen molar-refractivity contribution in [3.05, 3.63) is 0 Å². The summed E-state index contributed by atoms with van der Waals surface area (Å²) in [5.41, 5.74) is 0. The Morgan fingerprint density at radius 2 is 0.630 bits per heavy atom. The standard InChI is InChI=1S/C17H24O5S5/c23-13-1-3-18-5-7-20-9-11-22-12-10-21-8-6-19-4-2-14(24)16(26)17(27)15(13)25/h1-12H2. The van der Waals surface area contributed by atoms with E-state index in [2.05, 4.69) is 0 Å². The van der Waals surface area contributed by atoms with E-state index < -0.39 is 0 Å². The third-order valence-corrected chi connectivity index (χ3v) is 6.00. The van der Waals surface area contributed by atoms with E-state index >= 15 is 0 Å². The van der Waals surface area contributed by atoms with Gasteiger partial charge in [0.15, 0.2) is 0 Å². The van der Waals surface area contributed by atoms with Gasteiger partial charge in [0, 0.05) is 22.6 Å². The van der Waals surface area contributed by atoms with Crippen molar-refractivity contribution in [3.8, 4) is 0 Å². The largest absolute Gasteiger partial charge is 0.379 e. The van der Waals surface area contributed by atoms with E-state index in [4.69, 9.17) is 84.8 Å². The summed E-state index contributed by atoms with van der Waals surface area (Å²) in [6, 6.07) is 0. The van der Waals surface area contributed by atoms with Gasteiger partial charge in [0.05, 0.1) is 80.7 Å². The molecule has 0 N–H and O–H groups in total. The molecule has 0 radical (unpaired) electrons. The van der Waals surface area contributed by atoms with Crippen molar-refractivity contribution in [2.24, 2.45) is 0 Å². The molecule has 1 fully saturated rings. The van der Waals surface area contributed by atoms with Gasteiger partial charge in [-0.15, -0.1) is 0 Å². The Bertz CT molecular complexity index is 494. The first-order valence-electron chi connectivity index (χ1n) is 8.61. The number of hydrogen-bond donors (Lipinski definition) is 0. The van der Waals surface area contributed by atoms with E-state index in [1.807, 2.05) is 0 Å². The molecule has 0 unspecified atom stereocenters. The second-order valence-electron chi connectivity index (χ2n) is 5.40. The van der Waals surface area contributed by atoms with Crippen LogP contribution in [0.5, 0.6) is 0 Å². The first kappa shape index (κ1) is 25.3. The maximum absolute atomic E-state index is 5.50. The van der Waals surface area contributed by atoms with Gasteiger partial charge < -0.3 is 23.7 Å². The van der Waals surface area contributed by atoms with Crippen molar-refractivity contribution in [1.29, 1.82) is 0 Å². The lowest BCUT2D eigenvalue weighted by molar-refractivity contribution is -0.0101. The topological polar surface area (TPSA) is 46.2 Å². The van der Waals surface area contributed by atoms with Crippen LogP contribution in [0.15, 0.2) is 0 Å². The number of ether oxygens (including phenoxy) is 5. The second kappa shape index (κ2) is 16.1. The first-order chi connectivity index (χ1) is 13.0. The molecule has 0 aromatic carbocycles. The molecule has 1 rings (SSSR count). The molecule has 0 aliphatic carbocycles. The monoisotopic (exact) mass is 468 g/mol. The Hall–Kier alpha value is 0.250. The normalized spacial score (nSPS) is 22.1. The molecule has 1 aliphatic rings. The molecule has 0 atom stereocenters. The minimum atomic E-state index is 0.365. The fourth-order valence-corrected chi connectivity index (χ4v) is 3.11. The lowest BCUT2D eigenvalue weighted by Crippen LogP contribution is -2.30. The van der Waals surface area contributed by atoms with Crippen LogP contribution in [0.3, 0.4) is 0 Å². The fraction of sp³-hybridized carbons (Fsp3) is 0.706. The molecule has 1 aliphatic heterocycles. The van der Waals surface area contributed by atoms with Gasteiger partial charge in [0.25, 0.3) is 0 Å². The third kappa shape index (κ3) is 11.7. The van der Waals surface area contributed by atoms with Gasteiger partial charge in [-0.1, -0.05) is 61.1 Å². The minimum Gasteiger partial charge on any atom is -0.379 e. The van der Waals surface area contributed by atoms with Crippen molar-refractivity contribution >= 4 is 85.4 Å². The average molecular weight is 469 g/mol. The minimum absolute atomic E-state index is 0.365. The molecule has 152 valence electrons. The molecule has 27 heavy (non-hydrogen) atoms. The molecule has 5 nitrogen and oxygen atoms in total. The van der Waals surface area contributed by atoms with E-state index in [0.29, 0.717) is 103 Å². The second-order valence-corrected chi connectivity index (χ2v) is 7.61. The molecule has 1 heterocycles. The van der Waals surface area contributed by atoms with Gasteiger partial charge in [-0.05, 0) is 0 Å². The number of hydrogen-bond acceptors (Lipinski definition) is 10. The van der Waals surface area contributed by atoms with Crippen LogP contribution < -0.4 is 0 Å². The summed E-state index contributed by atoms with van der Waals surface area (Å²) in [5, 5.41) is 0. The van der Waals surface area contributed by atoms with Crippen molar-refractivity contribution in [2.75, 3.05) is 66.1 Å². The van der Waals surface area contributed by atoms with Crippen LogP contribution >= 0.6 is 61.1 Å². The first-order valence-corrected chi connectivity index (χ1v) is 10.7. The highest BCUT2D eigenvalue weighted by Gasteiger charge is 2.18. The Morgan fingerprint density at radius 3 is 0.926 bits per heavy atom. The maximum atomic E-state index is 5.50. The van der Waals surface area contributed by atoms with Crippen LogP contribution in [0.2, 0.25) is 0 Å². The Balaban J connectivity index is 2.48. The summed E-state index contributed by atoms with van der Waals surface area (Å²) < 4.78 is 27.2.